The molecule has 0 amide bonds. The molecule has 6 nitrogen and oxygen atoms in total. The van der Waals surface area contributed by atoms with Crippen LogP contribution in [0.4, 0.5) is 24.5 Å². The maximum Gasteiger partial charge on any atom is 0.423 e. The van der Waals surface area contributed by atoms with Gasteiger partial charge in [-0.25, -0.2) is 0 Å². The Morgan fingerprint density at radius 2 is 2.14 bits per heavy atom. The summed E-state index contributed by atoms with van der Waals surface area (Å²) in [5.41, 5.74) is -2.11. The molecule has 0 aliphatic carbocycles. The number of halogens is 3. The summed E-state index contributed by atoms with van der Waals surface area (Å²) in [6.45, 7) is 1.54. The van der Waals surface area contributed by atoms with Gasteiger partial charge in [0, 0.05) is 18.3 Å². The highest BCUT2D eigenvalue weighted by molar-refractivity contribution is 5.55. The zero-order chi connectivity index (χ0) is 15.5. The van der Waals surface area contributed by atoms with Crippen molar-refractivity contribution in [1.82, 2.24) is 0 Å². The SMILES string of the molecule is O=[N+]([O-])c1ccc(NCC2COCCO2)cc1C(F)(F)F. The second kappa shape index (κ2) is 6.27. The van der Waals surface area contributed by atoms with Gasteiger partial charge in [0.15, 0.2) is 0 Å². The third-order valence-corrected chi connectivity index (χ3v) is 2.92. The first kappa shape index (κ1) is 15.5. The van der Waals surface area contributed by atoms with E-state index in [2.05, 4.69) is 5.32 Å². The highest BCUT2D eigenvalue weighted by atomic mass is 19.4. The molecule has 2 rings (SSSR count). The first-order valence-corrected chi connectivity index (χ1v) is 6.17. The second-order valence-corrected chi connectivity index (χ2v) is 4.44. The summed E-state index contributed by atoms with van der Waals surface area (Å²) in [5.74, 6) is 0. The molecular weight excluding hydrogens is 293 g/mol. The number of alkyl halides is 3. The zero-order valence-electron chi connectivity index (χ0n) is 10.9. The van der Waals surface area contributed by atoms with Gasteiger partial charge >= 0.3 is 6.18 Å². The lowest BCUT2D eigenvalue weighted by Gasteiger charge is -2.23. The molecule has 1 aromatic rings. The van der Waals surface area contributed by atoms with Gasteiger partial charge in [-0.15, -0.1) is 0 Å². The normalized spacial score (nSPS) is 19.3. The van der Waals surface area contributed by atoms with E-state index >= 15 is 0 Å². The number of nitrogens with one attached hydrogen (secondary N) is 1. The predicted octanol–water partition coefficient (Wildman–Crippen LogP) is 2.44. The van der Waals surface area contributed by atoms with Crippen LogP contribution < -0.4 is 5.32 Å². The van der Waals surface area contributed by atoms with Crippen molar-refractivity contribution in [3.8, 4) is 0 Å². The summed E-state index contributed by atoms with van der Waals surface area (Å²) in [6, 6.07) is 2.79. The van der Waals surface area contributed by atoms with E-state index in [1.54, 1.807) is 0 Å². The van der Waals surface area contributed by atoms with Crippen LogP contribution in [-0.4, -0.2) is 37.4 Å². The van der Waals surface area contributed by atoms with E-state index < -0.39 is 22.4 Å². The minimum Gasteiger partial charge on any atom is -0.382 e. The third-order valence-electron chi connectivity index (χ3n) is 2.92. The lowest BCUT2D eigenvalue weighted by molar-refractivity contribution is -0.388. The molecule has 0 radical (unpaired) electrons. The van der Waals surface area contributed by atoms with Crippen LogP contribution in [0.1, 0.15) is 5.56 Å². The van der Waals surface area contributed by atoms with Gasteiger partial charge in [0.05, 0.1) is 30.8 Å². The van der Waals surface area contributed by atoms with E-state index in [4.69, 9.17) is 9.47 Å². The molecule has 9 heteroatoms. The quantitative estimate of drug-likeness (QED) is 0.683. The molecule has 1 aliphatic heterocycles. The molecule has 1 saturated heterocycles. The summed E-state index contributed by atoms with van der Waals surface area (Å²) < 4.78 is 48.9. The predicted molar refractivity (Wildman–Crippen MR) is 67.1 cm³/mol. The largest absolute Gasteiger partial charge is 0.423 e. The van der Waals surface area contributed by atoms with Crippen molar-refractivity contribution < 1.29 is 27.6 Å². The Hall–Kier alpha value is -1.87. The van der Waals surface area contributed by atoms with Crippen LogP contribution in [-0.2, 0) is 15.7 Å². The second-order valence-electron chi connectivity index (χ2n) is 4.44. The topological polar surface area (TPSA) is 73.6 Å². The van der Waals surface area contributed by atoms with Crippen molar-refractivity contribution in [1.29, 1.82) is 0 Å². The lowest BCUT2D eigenvalue weighted by Crippen LogP contribution is -2.34. The molecule has 1 unspecified atom stereocenters. The fourth-order valence-electron chi connectivity index (χ4n) is 1.92. The molecule has 1 fully saturated rings. The van der Waals surface area contributed by atoms with E-state index in [9.17, 15) is 23.3 Å². The molecule has 0 aromatic heterocycles. The van der Waals surface area contributed by atoms with Gasteiger partial charge in [0.25, 0.3) is 5.69 Å². The van der Waals surface area contributed by atoms with Crippen molar-refractivity contribution in [2.45, 2.75) is 12.3 Å². The van der Waals surface area contributed by atoms with Gasteiger partial charge in [-0.2, -0.15) is 13.2 Å². The molecule has 0 saturated carbocycles. The van der Waals surface area contributed by atoms with E-state index in [0.29, 0.717) is 19.8 Å². The van der Waals surface area contributed by atoms with E-state index in [-0.39, 0.29) is 18.3 Å². The summed E-state index contributed by atoms with van der Waals surface area (Å²) in [4.78, 5) is 9.58. The van der Waals surface area contributed by atoms with Gasteiger partial charge in [-0.3, -0.25) is 10.1 Å². The van der Waals surface area contributed by atoms with Gasteiger partial charge in [-0.1, -0.05) is 0 Å². The Morgan fingerprint density at radius 1 is 1.38 bits per heavy atom. The van der Waals surface area contributed by atoms with Gasteiger partial charge in [0.2, 0.25) is 0 Å². The molecule has 21 heavy (non-hydrogen) atoms. The van der Waals surface area contributed by atoms with Crippen LogP contribution in [0.3, 0.4) is 0 Å². The molecule has 1 aromatic carbocycles. The molecule has 0 bridgehead atoms. The average molecular weight is 306 g/mol. The summed E-state index contributed by atoms with van der Waals surface area (Å²) in [7, 11) is 0. The Kier molecular flexibility index (Phi) is 4.63. The maximum absolute atomic E-state index is 12.8. The van der Waals surface area contributed by atoms with Crippen LogP contribution in [0, 0.1) is 10.1 Å². The molecular formula is C12H13F3N2O4. The molecule has 0 spiro atoms. The number of rotatable bonds is 4. The first-order valence-electron chi connectivity index (χ1n) is 6.17. The average Bonchev–Trinajstić information content (AvgIpc) is 2.45. The smallest absolute Gasteiger partial charge is 0.382 e. The summed E-state index contributed by atoms with van der Waals surface area (Å²) >= 11 is 0. The van der Waals surface area contributed by atoms with Crippen LogP contribution in [0.5, 0.6) is 0 Å². The van der Waals surface area contributed by atoms with Crippen molar-refractivity contribution in [3.63, 3.8) is 0 Å². The molecule has 1 N–H and O–H groups in total. The Labute approximate surface area is 118 Å². The van der Waals surface area contributed by atoms with Crippen molar-refractivity contribution in [3.05, 3.63) is 33.9 Å². The van der Waals surface area contributed by atoms with E-state index in [0.717, 1.165) is 12.1 Å². The maximum atomic E-state index is 12.8. The first-order chi connectivity index (χ1) is 9.88. The molecule has 1 heterocycles. The molecule has 1 aliphatic rings. The fraction of sp³-hybridized carbons (Fsp3) is 0.500. The molecule has 1 atom stereocenters. The van der Waals surface area contributed by atoms with Crippen LogP contribution >= 0.6 is 0 Å². The van der Waals surface area contributed by atoms with Crippen molar-refractivity contribution in [2.75, 3.05) is 31.7 Å². The van der Waals surface area contributed by atoms with Crippen LogP contribution in [0.2, 0.25) is 0 Å². The monoisotopic (exact) mass is 306 g/mol. The number of hydrogen-bond donors (Lipinski definition) is 1. The number of nitrogens with zero attached hydrogens (tertiary/aromatic N) is 1. The van der Waals surface area contributed by atoms with Gasteiger partial charge in [-0.05, 0) is 12.1 Å². The highest BCUT2D eigenvalue weighted by Gasteiger charge is 2.38. The number of nitro benzene ring substituents is 1. The summed E-state index contributed by atoms with van der Waals surface area (Å²) in [5, 5.41) is 13.4. The highest BCUT2D eigenvalue weighted by Crippen LogP contribution is 2.37. The van der Waals surface area contributed by atoms with Gasteiger partial charge in [0.1, 0.15) is 5.56 Å². The zero-order valence-corrected chi connectivity index (χ0v) is 10.9. The fourth-order valence-corrected chi connectivity index (χ4v) is 1.92. The number of nitro groups is 1. The Bertz CT molecular complexity index is 516. The standard InChI is InChI=1S/C12H13F3N2O4/c13-12(14,15)10-5-8(1-2-11(10)17(18)19)16-6-9-7-20-3-4-21-9/h1-2,5,9,16H,3-4,6-7H2. The minimum absolute atomic E-state index is 0.141. The number of hydrogen-bond acceptors (Lipinski definition) is 5. The van der Waals surface area contributed by atoms with E-state index in [1.165, 1.54) is 6.07 Å². The number of anilines is 1. The van der Waals surface area contributed by atoms with Crippen molar-refractivity contribution in [2.24, 2.45) is 0 Å². The Morgan fingerprint density at radius 3 is 2.71 bits per heavy atom. The lowest BCUT2D eigenvalue weighted by atomic mass is 10.1. The van der Waals surface area contributed by atoms with E-state index in [1.807, 2.05) is 0 Å². The van der Waals surface area contributed by atoms with Gasteiger partial charge < -0.3 is 14.8 Å². The number of ether oxygens (including phenoxy) is 2. The minimum atomic E-state index is -4.79. The molecule has 116 valence electrons. The number of benzene rings is 1. The van der Waals surface area contributed by atoms with Crippen LogP contribution in [0.25, 0.3) is 0 Å². The van der Waals surface area contributed by atoms with Crippen LogP contribution in [0.15, 0.2) is 18.2 Å². The summed E-state index contributed by atoms with van der Waals surface area (Å²) in [6.07, 6.45) is -5.05. The Balaban J connectivity index is 2.11. The third kappa shape index (κ3) is 4.05. The van der Waals surface area contributed by atoms with Crippen molar-refractivity contribution >= 4 is 11.4 Å².